The lowest BCUT2D eigenvalue weighted by atomic mass is 10.0. The van der Waals surface area contributed by atoms with Gasteiger partial charge in [0.15, 0.2) is 18.3 Å². The number of esters is 1. The Hall–Kier alpha value is -2.91. The van der Waals surface area contributed by atoms with Crippen LogP contribution in [-0.4, -0.2) is 45.4 Å². The fourth-order valence-electron chi connectivity index (χ4n) is 3.38. The maximum atomic E-state index is 12.6. The van der Waals surface area contributed by atoms with Crippen LogP contribution in [-0.2, 0) is 16.0 Å². The van der Waals surface area contributed by atoms with E-state index in [2.05, 4.69) is 15.3 Å². The molecule has 1 saturated heterocycles. The van der Waals surface area contributed by atoms with Gasteiger partial charge in [-0.05, 0) is 12.1 Å². The maximum absolute atomic E-state index is 12.6. The van der Waals surface area contributed by atoms with Crippen molar-refractivity contribution in [1.82, 2.24) is 9.55 Å². The summed E-state index contributed by atoms with van der Waals surface area (Å²) in [5.41, 5.74) is 6.96. The molecule has 4 rings (SSSR count). The SMILES string of the molecule is C[C@H]1[C@H](OC(=O)c2ccccc2)[C@H](n2cnc3c2NC(N)=NC3)O[C@@H]1CO. The molecule has 4 N–H and O–H groups in total. The first-order chi connectivity index (χ1) is 13.1. The number of hydrogen-bond donors (Lipinski definition) is 3. The Labute approximate surface area is 155 Å². The van der Waals surface area contributed by atoms with Gasteiger partial charge in [0, 0.05) is 5.92 Å². The van der Waals surface area contributed by atoms with Crippen molar-refractivity contribution < 1.29 is 19.4 Å². The zero-order chi connectivity index (χ0) is 19.0. The second-order valence-corrected chi connectivity index (χ2v) is 6.62. The number of aliphatic hydroxyl groups excluding tert-OH is 1. The van der Waals surface area contributed by atoms with E-state index >= 15 is 0 Å². The number of nitrogens with one attached hydrogen (secondary N) is 1. The van der Waals surface area contributed by atoms with Crippen molar-refractivity contribution in [3.05, 3.63) is 47.9 Å². The molecule has 2 aromatic rings. The van der Waals surface area contributed by atoms with E-state index in [0.717, 1.165) is 5.69 Å². The van der Waals surface area contributed by atoms with Gasteiger partial charge < -0.3 is 25.6 Å². The number of imidazole rings is 1. The maximum Gasteiger partial charge on any atom is 0.338 e. The summed E-state index contributed by atoms with van der Waals surface area (Å²) < 4.78 is 13.5. The lowest BCUT2D eigenvalue weighted by molar-refractivity contribution is -0.0570. The van der Waals surface area contributed by atoms with Gasteiger partial charge in [-0.3, -0.25) is 4.57 Å². The fraction of sp³-hybridized carbons (Fsp3) is 0.389. The molecule has 9 heteroatoms. The number of nitrogens with two attached hydrogens (primary N) is 1. The van der Waals surface area contributed by atoms with Crippen LogP contribution in [0.5, 0.6) is 0 Å². The molecule has 2 aliphatic rings. The summed E-state index contributed by atoms with van der Waals surface area (Å²) in [6.45, 7) is 2.07. The fourth-order valence-corrected chi connectivity index (χ4v) is 3.38. The van der Waals surface area contributed by atoms with E-state index in [1.807, 2.05) is 13.0 Å². The Bertz CT molecular complexity index is 866. The van der Waals surface area contributed by atoms with Gasteiger partial charge in [0.1, 0.15) is 11.5 Å². The molecule has 0 amide bonds. The average molecular weight is 371 g/mol. The molecule has 3 heterocycles. The highest BCUT2D eigenvalue weighted by atomic mass is 16.6. The number of fused-ring (bicyclic) bond motifs is 1. The largest absolute Gasteiger partial charge is 0.454 e. The quantitative estimate of drug-likeness (QED) is 0.681. The summed E-state index contributed by atoms with van der Waals surface area (Å²) in [5.74, 6) is 0.286. The molecule has 9 nitrogen and oxygen atoms in total. The van der Waals surface area contributed by atoms with Crippen molar-refractivity contribution in [2.45, 2.75) is 31.9 Å². The summed E-state index contributed by atoms with van der Waals surface area (Å²) >= 11 is 0. The van der Waals surface area contributed by atoms with Gasteiger partial charge in [0.25, 0.3) is 0 Å². The van der Waals surface area contributed by atoms with Crippen molar-refractivity contribution >= 4 is 17.7 Å². The third-order valence-electron chi connectivity index (χ3n) is 4.92. The van der Waals surface area contributed by atoms with Crippen LogP contribution in [0, 0.1) is 5.92 Å². The summed E-state index contributed by atoms with van der Waals surface area (Å²) in [5, 5.41) is 12.6. The number of carbonyl (C=O) groups is 1. The first-order valence-electron chi connectivity index (χ1n) is 8.73. The van der Waals surface area contributed by atoms with Crippen molar-refractivity contribution in [2.24, 2.45) is 16.6 Å². The van der Waals surface area contributed by atoms with Crippen LogP contribution in [0.2, 0.25) is 0 Å². The highest BCUT2D eigenvalue weighted by Gasteiger charge is 2.46. The number of guanidine groups is 1. The smallest absolute Gasteiger partial charge is 0.338 e. The molecule has 4 atom stereocenters. The topological polar surface area (TPSA) is 124 Å². The minimum absolute atomic E-state index is 0.176. The first kappa shape index (κ1) is 17.5. The number of rotatable bonds is 4. The lowest BCUT2D eigenvalue weighted by Gasteiger charge is -2.25. The Kier molecular flexibility index (Phi) is 4.54. The van der Waals surface area contributed by atoms with E-state index in [4.69, 9.17) is 15.2 Å². The number of ether oxygens (including phenoxy) is 2. The summed E-state index contributed by atoms with van der Waals surface area (Å²) in [4.78, 5) is 21.0. The van der Waals surface area contributed by atoms with E-state index < -0.39 is 24.4 Å². The van der Waals surface area contributed by atoms with Crippen LogP contribution in [0.25, 0.3) is 0 Å². The first-order valence-corrected chi connectivity index (χ1v) is 8.73. The molecule has 2 aliphatic heterocycles. The third kappa shape index (κ3) is 3.15. The standard InChI is InChI=1S/C18H21N5O4/c1-10-13(8-24)26-16(14(10)27-17(25)11-5-3-2-4-6-11)23-9-21-12-7-20-18(19)22-15(12)23/h2-6,9-10,13-14,16,24H,7-8H2,1H3,(H3,19,20,22)/t10-,13-,14+,16-/m1/s1. The van der Waals surface area contributed by atoms with Crippen molar-refractivity contribution in [2.75, 3.05) is 11.9 Å². The predicted octanol–water partition coefficient (Wildman–Crippen LogP) is 0.875. The Balaban J connectivity index is 1.63. The zero-order valence-corrected chi connectivity index (χ0v) is 14.8. The number of benzene rings is 1. The molecule has 0 saturated carbocycles. The molecule has 1 aromatic heterocycles. The monoisotopic (exact) mass is 371 g/mol. The van der Waals surface area contributed by atoms with Crippen LogP contribution in [0.3, 0.4) is 0 Å². The van der Waals surface area contributed by atoms with E-state index in [9.17, 15) is 9.90 Å². The Morgan fingerprint density at radius 3 is 2.96 bits per heavy atom. The van der Waals surface area contributed by atoms with Crippen LogP contribution < -0.4 is 11.1 Å². The molecular weight excluding hydrogens is 350 g/mol. The van der Waals surface area contributed by atoms with Gasteiger partial charge in [-0.2, -0.15) is 0 Å². The van der Waals surface area contributed by atoms with E-state index in [-0.39, 0.29) is 18.5 Å². The number of aromatic nitrogens is 2. The van der Waals surface area contributed by atoms with Gasteiger partial charge in [0.05, 0.1) is 31.1 Å². The zero-order valence-electron chi connectivity index (χ0n) is 14.8. The Morgan fingerprint density at radius 2 is 2.22 bits per heavy atom. The number of nitrogens with zero attached hydrogens (tertiary/aromatic N) is 3. The van der Waals surface area contributed by atoms with Gasteiger partial charge >= 0.3 is 5.97 Å². The third-order valence-corrected chi connectivity index (χ3v) is 4.92. The van der Waals surface area contributed by atoms with Crippen molar-refractivity contribution in [3.63, 3.8) is 0 Å². The summed E-state index contributed by atoms with van der Waals surface area (Å²) in [6.07, 6.45) is -0.0996. The number of hydrogen-bond acceptors (Lipinski definition) is 8. The van der Waals surface area contributed by atoms with E-state index in [1.165, 1.54) is 0 Å². The summed E-state index contributed by atoms with van der Waals surface area (Å²) in [7, 11) is 0. The highest BCUT2D eigenvalue weighted by Crippen LogP contribution is 2.39. The molecule has 0 aliphatic carbocycles. The average Bonchev–Trinajstić information content (AvgIpc) is 3.23. The summed E-state index contributed by atoms with van der Waals surface area (Å²) in [6, 6.07) is 8.77. The van der Waals surface area contributed by atoms with Crippen LogP contribution in [0.1, 0.15) is 29.2 Å². The van der Waals surface area contributed by atoms with Crippen LogP contribution in [0.4, 0.5) is 5.82 Å². The second-order valence-electron chi connectivity index (χ2n) is 6.62. The number of aliphatic hydroxyl groups is 1. The molecule has 27 heavy (non-hydrogen) atoms. The minimum Gasteiger partial charge on any atom is -0.454 e. The highest BCUT2D eigenvalue weighted by molar-refractivity contribution is 5.93. The van der Waals surface area contributed by atoms with Gasteiger partial charge in [-0.15, -0.1) is 0 Å². The molecule has 0 unspecified atom stereocenters. The molecule has 0 spiro atoms. The molecule has 1 fully saturated rings. The van der Waals surface area contributed by atoms with Crippen LogP contribution in [0.15, 0.2) is 41.7 Å². The second kappa shape index (κ2) is 7.01. The van der Waals surface area contributed by atoms with Gasteiger partial charge in [-0.1, -0.05) is 25.1 Å². The van der Waals surface area contributed by atoms with Crippen LogP contribution >= 0.6 is 0 Å². The van der Waals surface area contributed by atoms with E-state index in [0.29, 0.717) is 17.9 Å². The predicted molar refractivity (Wildman–Crippen MR) is 97.0 cm³/mol. The minimum atomic E-state index is -0.639. The number of carbonyl (C=O) groups excluding carboxylic acids is 1. The molecular formula is C18H21N5O4. The number of aliphatic imine (C=N–C) groups is 1. The Morgan fingerprint density at radius 1 is 1.44 bits per heavy atom. The van der Waals surface area contributed by atoms with Gasteiger partial charge in [0.2, 0.25) is 0 Å². The molecule has 0 bridgehead atoms. The molecule has 0 radical (unpaired) electrons. The number of anilines is 1. The molecule has 142 valence electrons. The van der Waals surface area contributed by atoms with Crippen molar-refractivity contribution in [1.29, 1.82) is 0 Å². The normalized spacial score (nSPS) is 26.8. The van der Waals surface area contributed by atoms with Gasteiger partial charge in [-0.25, -0.2) is 14.8 Å². The van der Waals surface area contributed by atoms with Crippen molar-refractivity contribution in [3.8, 4) is 0 Å². The molecule has 1 aromatic carbocycles. The lowest BCUT2D eigenvalue weighted by Crippen LogP contribution is -2.33. The van der Waals surface area contributed by atoms with E-state index in [1.54, 1.807) is 35.2 Å².